The number of rotatable bonds is 5. The van der Waals surface area contributed by atoms with Crippen molar-refractivity contribution in [3.05, 3.63) is 53.3 Å². The first-order valence-corrected chi connectivity index (χ1v) is 6.34. The molecule has 0 bridgehead atoms. The Hall–Kier alpha value is -1.57. The second-order valence-electron chi connectivity index (χ2n) is 4.51. The van der Waals surface area contributed by atoms with Gasteiger partial charge in [-0.1, -0.05) is 37.6 Å². The molecule has 1 aromatic heterocycles. The summed E-state index contributed by atoms with van der Waals surface area (Å²) < 4.78 is 1.95. The predicted octanol–water partition coefficient (Wildman–Crippen LogP) is 3.16. The van der Waals surface area contributed by atoms with Crippen LogP contribution in [0.15, 0.2) is 36.5 Å². The summed E-state index contributed by atoms with van der Waals surface area (Å²) in [7, 11) is 2.00. The Labute approximate surface area is 103 Å². The average Bonchev–Trinajstić information content (AvgIpc) is 2.75. The standard InChI is InChI=1S/C15H20N2/c1-3-4-13-5-7-14(8-6-13)9-10-15-11-12-16-17(15)2/h5-8,11-12H,3-4,9-10H2,1-2H3. The Morgan fingerprint density at radius 2 is 1.59 bits per heavy atom. The van der Waals surface area contributed by atoms with Gasteiger partial charge in [-0.3, -0.25) is 4.68 Å². The van der Waals surface area contributed by atoms with Crippen molar-refractivity contribution in [3.63, 3.8) is 0 Å². The predicted molar refractivity (Wildman–Crippen MR) is 71.1 cm³/mol. The van der Waals surface area contributed by atoms with E-state index in [-0.39, 0.29) is 0 Å². The maximum Gasteiger partial charge on any atom is 0.0492 e. The minimum Gasteiger partial charge on any atom is -0.273 e. The van der Waals surface area contributed by atoms with E-state index in [2.05, 4.69) is 42.4 Å². The van der Waals surface area contributed by atoms with Crippen LogP contribution in [0.25, 0.3) is 0 Å². The van der Waals surface area contributed by atoms with Gasteiger partial charge in [0.25, 0.3) is 0 Å². The van der Waals surface area contributed by atoms with Crippen LogP contribution in [-0.4, -0.2) is 9.78 Å². The lowest BCUT2D eigenvalue weighted by atomic mass is 10.0. The van der Waals surface area contributed by atoms with Gasteiger partial charge < -0.3 is 0 Å². The molecule has 17 heavy (non-hydrogen) atoms. The number of hydrogen-bond acceptors (Lipinski definition) is 1. The van der Waals surface area contributed by atoms with Crippen LogP contribution in [0, 0.1) is 0 Å². The first-order valence-electron chi connectivity index (χ1n) is 6.34. The second kappa shape index (κ2) is 5.67. The van der Waals surface area contributed by atoms with Crippen molar-refractivity contribution in [2.45, 2.75) is 32.6 Å². The minimum absolute atomic E-state index is 1.06. The van der Waals surface area contributed by atoms with Crippen LogP contribution >= 0.6 is 0 Å². The fourth-order valence-corrected chi connectivity index (χ4v) is 2.08. The summed E-state index contributed by atoms with van der Waals surface area (Å²) in [6.07, 6.45) is 6.41. The number of nitrogens with zero attached hydrogens (tertiary/aromatic N) is 2. The third-order valence-electron chi connectivity index (χ3n) is 3.15. The van der Waals surface area contributed by atoms with Crippen molar-refractivity contribution in [1.82, 2.24) is 9.78 Å². The molecule has 0 radical (unpaired) electrons. The van der Waals surface area contributed by atoms with Crippen LogP contribution < -0.4 is 0 Å². The highest BCUT2D eigenvalue weighted by Gasteiger charge is 2.00. The normalized spacial score (nSPS) is 10.7. The summed E-state index contributed by atoms with van der Waals surface area (Å²) in [5, 5.41) is 4.18. The molecule has 2 heteroatoms. The molecule has 2 aromatic rings. The zero-order chi connectivity index (χ0) is 12.1. The molecule has 2 nitrogen and oxygen atoms in total. The van der Waals surface area contributed by atoms with E-state index in [0.29, 0.717) is 0 Å². The van der Waals surface area contributed by atoms with E-state index < -0.39 is 0 Å². The molecule has 0 fully saturated rings. The Kier molecular flexibility index (Phi) is 3.97. The van der Waals surface area contributed by atoms with Crippen LogP contribution in [0.2, 0.25) is 0 Å². The number of aromatic nitrogens is 2. The first-order chi connectivity index (χ1) is 8.29. The maximum atomic E-state index is 4.18. The van der Waals surface area contributed by atoms with Gasteiger partial charge in [0.05, 0.1) is 0 Å². The third kappa shape index (κ3) is 3.19. The van der Waals surface area contributed by atoms with Gasteiger partial charge in [0.2, 0.25) is 0 Å². The van der Waals surface area contributed by atoms with E-state index in [0.717, 1.165) is 12.8 Å². The molecule has 1 heterocycles. The molecule has 0 aliphatic carbocycles. The molecule has 0 saturated heterocycles. The molecule has 1 aromatic carbocycles. The van der Waals surface area contributed by atoms with E-state index in [1.807, 2.05) is 17.9 Å². The fourth-order valence-electron chi connectivity index (χ4n) is 2.08. The topological polar surface area (TPSA) is 17.8 Å². The summed E-state index contributed by atoms with van der Waals surface area (Å²) in [5.74, 6) is 0. The second-order valence-corrected chi connectivity index (χ2v) is 4.51. The summed E-state index contributed by atoms with van der Waals surface area (Å²) >= 11 is 0. The highest BCUT2D eigenvalue weighted by molar-refractivity contribution is 5.23. The van der Waals surface area contributed by atoms with Crippen LogP contribution in [-0.2, 0) is 26.3 Å². The maximum absolute atomic E-state index is 4.18. The summed E-state index contributed by atoms with van der Waals surface area (Å²) in [5.41, 5.74) is 4.14. The van der Waals surface area contributed by atoms with Crippen LogP contribution in [0.5, 0.6) is 0 Å². The molecule has 0 aliphatic heterocycles. The number of hydrogen-bond donors (Lipinski definition) is 0. The first kappa shape index (κ1) is 11.9. The van der Waals surface area contributed by atoms with E-state index in [9.17, 15) is 0 Å². The smallest absolute Gasteiger partial charge is 0.0492 e. The average molecular weight is 228 g/mol. The highest BCUT2D eigenvalue weighted by atomic mass is 15.2. The van der Waals surface area contributed by atoms with Gasteiger partial charge in [0.15, 0.2) is 0 Å². The van der Waals surface area contributed by atoms with Crippen LogP contribution in [0.1, 0.15) is 30.2 Å². The lowest BCUT2D eigenvalue weighted by Gasteiger charge is -2.04. The monoisotopic (exact) mass is 228 g/mol. The Bertz CT molecular complexity index is 454. The van der Waals surface area contributed by atoms with Gasteiger partial charge in [0.1, 0.15) is 0 Å². The van der Waals surface area contributed by atoms with Gasteiger partial charge in [0, 0.05) is 18.9 Å². The van der Waals surface area contributed by atoms with E-state index in [1.54, 1.807) is 0 Å². The molecule has 0 amide bonds. The van der Waals surface area contributed by atoms with Crippen LogP contribution in [0.3, 0.4) is 0 Å². The molecular formula is C15H20N2. The van der Waals surface area contributed by atoms with Crippen molar-refractivity contribution in [2.24, 2.45) is 7.05 Å². The van der Waals surface area contributed by atoms with Crippen molar-refractivity contribution in [3.8, 4) is 0 Å². The van der Waals surface area contributed by atoms with Gasteiger partial charge in [-0.2, -0.15) is 5.10 Å². The Morgan fingerprint density at radius 1 is 0.941 bits per heavy atom. The number of benzene rings is 1. The molecule has 0 unspecified atom stereocenters. The zero-order valence-corrected chi connectivity index (χ0v) is 10.7. The molecule has 0 aliphatic rings. The minimum atomic E-state index is 1.06. The van der Waals surface area contributed by atoms with Gasteiger partial charge in [-0.15, -0.1) is 0 Å². The van der Waals surface area contributed by atoms with Gasteiger partial charge in [-0.25, -0.2) is 0 Å². The number of aryl methyl sites for hydroxylation is 4. The fraction of sp³-hybridized carbons (Fsp3) is 0.400. The zero-order valence-electron chi connectivity index (χ0n) is 10.7. The largest absolute Gasteiger partial charge is 0.273 e. The molecule has 90 valence electrons. The van der Waals surface area contributed by atoms with Gasteiger partial charge >= 0.3 is 0 Å². The SMILES string of the molecule is CCCc1ccc(CCc2ccnn2C)cc1. The summed E-state index contributed by atoms with van der Waals surface area (Å²) in [6, 6.07) is 11.1. The molecule has 0 N–H and O–H groups in total. The summed E-state index contributed by atoms with van der Waals surface area (Å²) in [6.45, 7) is 2.22. The van der Waals surface area contributed by atoms with E-state index >= 15 is 0 Å². The lowest BCUT2D eigenvalue weighted by molar-refractivity contribution is 0.703. The molecule has 0 spiro atoms. The highest BCUT2D eigenvalue weighted by Crippen LogP contribution is 2.09. The lowest BCUT2D eigenvalue weighted by Crippen LogP contribution is -2.00. The van der Waals surface area contributed by atoms with Crippen molar-refractivity contribution < 1.29 is 0 Å². The molecular weight excluding hydrogens is 208 g/mol. The quantitative estimate of drug-likeness (QED) is 0.768. The van der Waals surface area contributed by atoms with Gasteiger partial charge in [-0.05, 0) is 36.5 Å². The van der Waals surface area contributed by atoms with Crippen LogP contribution in [0.4, 0.5) is 0 Å². The third-order valence-corrected chi connectivity index (χ3v) is 3.15. The van der Waals surface area contributed by atoms with Crippen molar-refractivity contribution in [2.75, 3.05) is 0 Å². The van der Waals surface area contributed by atoms with Crippen molar-refractivity contribution in [1.29, 1.82) is 0 Å². The summed E-state index contributed by atoms with van der Waals surface area (Å²) in [4.78, 5) is 0. The van der Waals surface area contributed by atoms with E-state index in [4.69, 9.17) is 0 Å². The van der Waals surface area contributed by atoms with E-state index in [1.165, 1.54) is 29.7 Å². The molecule has 0 atom stereocenters. The molecule has 0 saturated carbocycles. The molecule has 2 rings (SSSR count). The van der Waals surface area contributed by atoms with Crippen molar-refractivity contribution >= 4 is 0 Å². The Morgan fingerprint density at radius 3 is 2.12 bits per heavy atom. The Balaban J connectivity index is 1.93.